The summed E-state index contributed by atoms with van der Waals surface area (Å²) in [5, 5.41) is 6.95. The minimum atomic E-state index is -3.58. The Morgan fingerprint density at radius 1 is 1.05 bits per heavy atom. The molecule has 2 aliphatic heterocycles. The van der Waals surface area contributed by atoms with Crippen LogP contribution in [0.2, 0.25) is 5.02 Å². The smallest absolute Gasteiger partial charge is 0.388 e. The van der Waals surface area contributed by atoms with Crippen LogP contribution in [0.5, 0.6) is 5.88 Å². The SMILES string of the molecule is O=C(NN1CC2CCCC2C1)Oc1nn(-c2ccc(Cl)cc2)c2c1CS(=O)(=O)C/C2=C\c1ccc(F)cc1. The molecule has 1 saturated heterocycles. The van der Waals surface area contributed by atoms with Gasteiger partial charge in [-0.1, -0.05) is 30.2 Å². The second-order valence-electron chi connectivity index (χ2n) is 10.1. The largest absolute Gasteiger partial charge is 0.428 e. The quantitative estimate of drug-likeness (QED) is 0.493. The first-order chi connectivity index (χ1) is 18.2. The molecule has 3 heterocycles. The van der Waals surface area contributed by atoms with Crippen LogP contribution in [0, 0.1) is 17.7 Å². The molecule has 1 amide bonds. The molecule has 0 spiro atoms. The van der Waals surface area contributed by atoms with Crippen molar-refractivity contribution in [3.05, 3.63) is 76.2 Å². The van der Waals surface area contributed by atoms with Gasteiger partial charge in [-0.25, -0.2) is 27.3 Å². The molecule has 2 aromatic carbocycles. The van der Waals surface area contributed by atoms with Crippen LogP contribution in [0.3, 0.4) is 0 Å². The van der Waals surface area contributed by atoms with Gasteiger partial charge in [0.05, 0.1) is 28.5 Å². The number of halogens is 2. The van der Waals surface area contributed by atoms with Gasteiger partial charge in [-0.2, -0.15) is 0 Å². The molecule has 1 N–H and O–H groups in total. The van der Waals surface area contributed by atoms with Crippen LogP contribution in [-0.4, -0.2) is 48.1 Å². The minimum absolute atomic E-state index is 0.0693. The van der Waals surface area contributed by atoms with Crippen LogP contribution < -0.4 is 10.2 Å². The molecule has 3 aromatic rings. The predicted molar refractivity (Wildman–Crippen MR) is 142 cm³/mol. The van der Waals surface area contributed by atoms with Crippen LogP contribution in [0.4, 0.5) is 9.18 Å². The van der Waals surface area contributed by atoms with E-state index in [2.05, 4.69) is 10.5 Å². The normalized spacial score (nSPS) is 23.3. The Labute approximate surface area is 224 Å². The summed E-state index contributed by atoms with van der Waals surface area (Å²) in [6, 6.07) is 12.7. The summed E-state index contributed by atoms with van der Waals surface area (Å²) in [6.07, 6.45) is 4.54. The third-order valence-corrected chi connectivity index (χ3v) is 9.17. The summed E-state index contributed by atoms with van der Waals surface area (Å²) in [6.45, 7) is 1.55. The van der Waals surface area contributed by atoms with Crippen molar-refractivity contribution in [1.82, 2.24) is 20.2 Å². The monoisotopic (exact) mass is 556 g/mol. The molecule has 38 heavy (non-hydrogen) atoms. The van der Waals surface area contributed by atoms with E-state index in [-0.39, 0.29) is 17.4 Å². The number of benzene rings is 2. The number of sulfone groups is 1. The molecule has 1 saturated carbocycles. The van der Waals surface area contributed by atoms with E-state index in [1.54, 1.807) is 47.2 Å². The lowest BCUT2D eigenvalue weighted by atomic mass is 10.0. The van der Waals surface area contributed by atoms with Gasteiger partial charge in [-0.3, -0.25) is 5.43 Å². The maximum Gasteiger partial charge on any atom is 0.428 e. The van der Waals surface area contributed by atoms with Gasteiger partial charge in [0.2, 0.25) is 5.88 Å². The molecule has 198 valence electrons. The van der Waals surface area contributed by atoms with Crippen molar-refractivity contribution in [1.29, 1.82) is 0 Å². The Balaban J connectivity index is 1.38. The molecule has 0 radical (unpaired) electrons. The lowest BCUT2D eigenvalue weighted by molar-refractivity contribution is 0.153. The number of fused-ring (bicyclic) bond motifs is 2. The molecule has 2 unspecified atom stereocenters. The standard InChI is InChI=1S/C27H26ClFN4O4S/c28-21-6-10-23(11-7-21)33-25-20(12-17-4-8-22(29)9-5-17)15-38(35,36)16-24(25)26(30-33)37-27(34)31-32-13-18-2-1-3-19(18)14-32/h4-12,18-19H,1-3,13-16H2,(H,31,34)/b20-12+. The zero-order chi connectivity index (χ0) is 26.4. The first-order valence-electron chi connectivity index (χ1n) is 12.5. The second-order valence-corrected chi connectivity index (χ2v) is 12.6. The molecule has 0 bridgehead atoms. The second kappa shape index (κ2) is 9.83. The zero-order valence-electron chi connectivity index (χ0n) is 20.4. The number of carbonyl (C=O) groups excluding carboxylic acids is 1. The van der Waals surface area contributed by atoms with Crippen molar-refractivity contribution in [3.63, 3.8) is 0 Å². The van der Waals surface area contributed by atoms with Crippen LogP contribution in [0.15, 0.2) is 48.5 Å². The Bertz CT molecular complexity index is 1510. The van der Waals surface area contributed by atoms with E-state index < -0.39 is 21.7 Å². The Kier molecular flexibility index (Phi) is 6.49. The fourth-order valence-electron chi connectivity index (χ4n) is 5.75. The Morgan fingerprint density at radius 2 is 1.74 bits per heavy atom. The number of hydrogen-bond donors (Lipinski definition) is 1. The van der Waals surface area contributed by atoms with Crippen molar-refractivity contribution in [2.75, 3.05) is 18.8 Å². The van der Waals surface area contributed by atoms with Crippen molar-refractivity contribution >= 4 is 39.2 Å². The highest BCUT2D eigenvalue weighted by Crippen LogP contribution is 2.39. The number of hydrazine groups is 1. The molecule has 2 fully saturated rings. The van der Waals surface area contributed by atoms with Crippen molar-refractivity contribution in [2.24, 2.45) is 11.8 Å². The van der Waals surface area contributed by atoms with Gasteiger partial charge in [0.1, 0.15) is 5.82 Å². The minimum Gasteiger partial charge on any atom is -0.388 e. The van der Waals surface area contributed by atoms with Crippen LogP contribution in [-0.2, 0) is 15.6 Å². The van der Waals surface area contributed by atoms with Crippen molar-refractivity contribution < 1.29 is 22.3 Å². The molecule has 1 aromatic heterocycles. The molecular weight excluding hydrogens is 531 g/mol. The van der Waals surface area contributed by atoms with Gasteiger partial charge in [-0.05, 0) is 78.3 Å². The molecule has 8 nitrogen and oxygen atoms in total. The highest BCUT2D eigenvalue weighted by molar-refractivity contribution is 7.91. The van der Waals surface area contributed by atoms with Crippen molar-refractivity contribution in [2.45, 2.75) is 25.0 Å². The van der Waals surface area contributed by atoms with Gasteiger partial charge in [0, 0.05) is 18.1 Å². The average Bonchev–Trinajstić information content (AvgIpc) is 3.54. The molecule has 3 aliphatic rings. The summed E-state index contributed by atoms with van der Waals surface area (Å²) in [5.41, 5.74) is 5.34. The van der Waals surface area contributed by atoms with E-state index >= 15 is 0 Å². The predicted octanol–water partition coefficient (Wildman–Crippen LogP) is 4.87. The third kappa shape index (κ3) is 5.08. The van der Waals surface area contributed by atoms with Gasteiger partial charge in [0.25, 0.3) is 0 Å². The molecular formula is C27H26ClFN4O4S. The number of amides is 1. The van der Waals surface area contributed by atoms with E-state index in [1.165, 1.54) is 18.6 Å². The van der Waals surface area contributed by atoms with Gasteiger partial charge < -0.3 is 4.74 Å². The average molecular weight is 557 g/mol. The zero-order valence-corrected chi connectivity index (χ0v) is 22.0. The van der Waals surface area contributed by atoms with Gasteiger partial charge in [-0.15, -0.1) is 5.10 Å². The molecule has 1 aliphatic carbocycles. The maximum absolute atomic E-state index is 13.5. The van der Waals surface area contributed by atoms with Crippen LogP contribution in [0.1, 0.15) is 36.1 Å². The Morgan fingerprint density at radius 3 is 2.42 bits per heavy atom. The summed E-state index contributed by atoms with van der Waals surface area (Å²) < 4.78 is 46.6. The van der Waals surface area contributed by atoms with Crippen molar-refractivity contribution in [3.8, 4) is 11.6 Å². The van der Waals surface area contributed by atoms with E-state index in [0.717, 1.165) is 25.9 Å². The highest BCUT2D eigenvalue weighted by Gasteiger charge is 2.38. The van der Waals surface area contributed by atoms with E-state index in [0.29, 0.717) is 44.9 Å². The molecule has 2 atom stereocenters. The first kappa shape index (κ1) is 25.1. The van der Waals surface area contributed by atoms with E-state index in [9.17, 15) is 17.6 Å². The number of hydrogen-bond acceptors (Lipinski definition) is 6. The lowest BCUT2D eigenvalue weighted by Gasteiger charge is -2.19. The number of carbonyl (C=O) groups is 1. The number of aromatic nitrogens is 2. The molecule has 11 heteroatoms. The first-order valence-corrected chi connectivity index (χ1v) is 14.7. The van der Waals surface area contributed by atoms with Crippen LogP contribution in [0.25, 0.3) is 17.3 Å². The lowest BCUT2D eigenvalue weighted by Crippen LogP contribution is -2.42. The maximum atomic E-state index is 13.5. The van der Waals surface area contributed by atoms with Gasteiger partial charge >= 0.3 is 6.09 Å². The van der Waals surface area contributed by atoms with Crippen LogP contribution >= 0.6 is 11.6 Å². The van der Waals surface area contributed by atoms with Gasteiger partial charge in [0.15, 0.2) is 9.84 Å². The summed E-state index contributed by atoms with van der Waals surface area (Å²) in [4.78, 5) is 12.9. The Hall–Kier alpha value is -3.21. The summed E-state index contributed by atoms with van der Waals surface area (Å²) in [5.74, 6) is 0.137. The number of rotatable bonds is 4. The number of nitrogens with one attached hydrogen (secondary N) is 1. The third-order valence-electron chi connectivity index (χ3n) is 7.44. The number of nitrogens with zero attached hydrogens (tertiary/aromatic N) is 3. The molecule has 6 rings (SSSR count). The number of ether oxygens (including phenoxy) is 1. The fraction of sp³-hybridized carbons (Fsp3) is 0.333. The summed E-state index contributed by atoms with van der Waals surface area (Å²) >= 11 is 6.09. The highest BCUT2D eigenvalue weighted by atomic mass is 35.5. The van der Waals surface area contributed by atoms with E-state index in [1.807, 2.05) is 5.01 Å². The topological polar surface area (TPSA) is 93.5 Å². The fourth-order valence-corrected chi connectivity index (χ4v) is 7.38. The van der Waals surface area contributed by atoms with E-state index in [4.69, 9.17) is 16.3 Å². The summed E-state index contributed by atoms with van der Waals surface area (Å²) in [7, 11) is -3.58.